The second-order valence-corrected chi connectivity index (χ2v) is 5.37. The molecule has 1 N–H and O–H groups in total. The number of aromatic nitrogens is 2. The molecule has 22 heavy (non-hydrogen) atoms. The first-order chi connectivity index (χ1) is 10.3. The van der Waals surface area contributed by atoms with E-state index in [4.69, 9.17) is 4.74 Å². The van der Waals surface area contributed by atoms with Gasteiger partial charge in [-0.1, -0.05) is 18.2 Å². The molecule has 1 aliphatic heterocycles. The highest BCUT2D eigenvalue weighted by atomic mass is 35.5. The number of halogens is 1. The quantitative estimate of drug-likeness (QED) is 0.938. The smallest absolute Gasteiger partial charge is 0.217 e. The molecule has 0 radical (unpaired) electrons. The number of Topliss-reactive ketones (excluding diaryl/α,β-unsaturated/α-hetero) is 1. The van der Waals surface area contributed by atoms with Gasteiger partial charge in [-0.25, -0.2) is 4.98 Å². The van der Waals surface area contributed by atoms with Crippen molar-refractivity contribution in [2.45, 2.75) is 18.9 Å². The van der Waals surface area contributed by atoms with E-state index in [0.29, 0.717) is 18.1 Å². The van der Waals surface area contributed by atoms with Crippen molar-refractivity contribution in [1.82, 2.24) is 15.3 Å². The number of nitrogens with one attached hydrogen (secondary N) is 1. The average Bonchev–Trinajstić information content (AvgIpc) is 2.85. The second kappa shape index (κ2) is 6.02. The molecule has 2 aromatic rings. The first-order valence-electron chi connectivity index (χ1n) is 7.17. The number of hydrogen-bond donors (Lipinski definition) is 1. The van der Waals surface area contributed by atoms with Gasteiger partial charge in [0.15, 0.2) is 11.6 Å². The van der Waals surface area contributed by atoms with Crippen LogP contribution in [0.25, 0.3) is 11.4 Å². The lowest BCUT2D eigenvalue weighted by Crippen LogP contribution is -2.50. The summed E-state index contributed by atoms with van der Waals surface area (Å²) in [4.78, 5) is 20.7. The Bertz CT molecular complexity index is 716. The number of fused-ring (bicyclic) bond motifs is 1. The average molecular weight is 318 g/mol. The first-order valence-corrected chi connectivity index (χ1v) is 7.17. The van der Waals surface area contributed by atoms with Gasteiger partial charge < -0.3 is 10.1 Å². The number of carbonyl (C=O) groups is 1. The highest BCUT2D eigenvalue weighted by Gasteiger charge is 2.24. The molecule has 1 aliphatic carbocycles. The van der Waals surface area contributed by atoms with Crippen LogP contribution in [0.1, 0.15) is 22.3 Å². The van der Waals surface area contributed by atoms with Gasteiger partial charge in [0.1, 0.15) is 6.10 Å². The van der Waals surface area contributed by atoms with Gasteiger partial charge in [0, 0.05) is 42.9 Å². The lowest BCUT2D eigenvalue weighted by Gasteiger charge is -2.27. The van der Waals surface area contributed by atoms with Gasteiger partial charge in [0.25, 0.3) is 0 Å². The van der Waals surface area contributed by atoms with Crippen LogP contribution in [0.4, 0.5) is 0 Å². The van der Waals surface area contributed by atoms with Gasteiger partial charge in [-0.05, 0) is 12.0 Å². The molecule has 0 unspecified atom stereocenters. The summed E-state index contributed by atoms with van der Waals surface area (Å²) >= 11 is 0. The lowest BCUT2D eigenvalue weighted by molar-refractivity contribution is 0.0994. The van der Waals surface area contributed by atoms with Crippen molar-refractivity contribution in [1.29, 1.82) is 0 Å². The van der Waals surface area contributed by atoms with E-state index in [1.54, 1.807) is 12.3 Å². The molecule has 1 fully saturated rings. The van der Waals surface area contributed by atoms with Crippen LogP contribution in [0, 0.1) is 0 Å². The summed E-state index contributed by atoms with van der Waals surface area (Å²) in [6.07, 6.45) is 3.25. The topological polar surface area (TPSA) is 64.1 Å². The standard InChI is InChI=1S/C16H15N3O2.ClH/c20-14-5-4-11-12(14)2-1-3-13(11)16-18-7-6-15(19-16)21-10-8-17-9-10;/h1-3,6-7,10,17H,4-5,8-9H2;1H. The molecular formula is C16H16ClN3O2. The number of rotatable bonds is 3. The van der Waals surface area contributed by atoms with Crippen LogP contribution >= 0.6 is 12.4 Å². The van der Waals surface area contributed by atoms with E-state index in [1.807, 2.05) is 18.2 Å². The maximum absolute atomic E-state index is 11.8. The van der Waals surface area contributed by atoms with Crippen molar-refractivity contribution in [2.75, 3.05) is 13.1 Å². The molecule has 0 bridgehead atoms. The Morgan fingerprint density at radius 1 is 1.14 bits per heavy atom. The first kappa shape index (κ1) is 14.9. The number of hydrogen-bond acceptors (Lipinski definition) is 5. The van der Waals surface area contributed by atoms with Crippen LogP contribution in [0.15, 0.2) is 30.5 Å². The van der Waals surface area contributed by atoms with E-state index in [9.17, 15) is 4.79 Å². The van der Waals surface area contributed by atoms with Crippen LogP contribution in [0.5, 0.6) is 5.88 Å². The summed E-state index contributed by atoms with van der Waals surface area (Å²) in [5.74, 6) is 1.43. The molecule has 0 atom stereocenters. The Kier molecular flexibility index (Phi) is 4.09. The van der Waals surface area contributed by atoms with Crippen LogP contribution in [-0.4, -0.2) is 34.9 Å². The van der Waals surface area contributed by atoms with Crippen molar-refractivity contribution < 1.29 is 9.53 Å². The fourth-order valence-electron chi connectivity index (χ4n) is 2.75. The lowest BCUT2D eigenvalue weighted by atomic mass is 10.0. The predicted octanol–water partition coefficient (Wildman–Crippen LogP) is 2.04. The van der Waals surface area contributed by atoms with Gasteiger partial charge in [-0.3, -0.25) is 4.79 Å². The maximum Gasteiger partial charge on any atom is 0.217 e. The molecule has 1 aromatic carbocycles. The SMILES string of the molecule is Cl.O=C1CCc2c1cccc2-c1nccc(OC2CNC2)n1. The molecule has 1 saturated heterocycles. The van der Waals surface area contributed by atoms with Crippen molar-refractivity contribution in [2.24, 2.45) is 0 Å². The monoisotopic (exact) mass is 317 g/mol. The molecule has 114 valence electrons. The van der Waals surface area contributed by atoms with Gasteiger partial charge in [0.2, 0.25) is 5.88 Å². The van der Waals surface area contributed by atoms with Crippen molar-refractivity contribution >= 4 is 18.2 Å². The molecule has 1 aromatic heterocycles. The zero-order valence-electron chi connectivity index (χ0n) is 11.9. The van der Waals surface area contributed by atoms with E-state index in [-0.39, 0.29) is 24.3 Å². The van der Waals surface area contributed by atoms with Gasteiger partial charge in [-0.2, -0.15) is 4.98 Å². The zero-order valence-corrected chi connectivity index (χ0v) is 12.7. The minimum absolute atomic E-state index is 0. The van der Waals surface area contributed by atoms with Crippen molar-refractivity contribution in [3.05, 3.63) is 41.6 Å². The van der Waals surface area contributed by atoms with Crippen molar-refractivity contribution in [3.8, 4) is 17.3 Å². The molecule has 0 amide bonds. The van der Waals surface area contributed by atoms with Crippen LogP contribution in [0.3, 0.4) is 0 Å². The molecule has 2 heterocycles. The summed E-state index contributed by atoms with van der Waals surface area (Å²) in [6.45, 7) is 1.71. The third kappa shape index (κ3) is 2.58. The highest BCUT2D eigenvalue weighted by Crippen LogP contribution is 2.31. The molecule has 0 saturated carbocycles. The Balaban J connectivity index is 0.00000144. The minimum atomic E-state index is 0. The van der Waals surface area contributed by atoms with Gasteiger partial charge >= 0.3 is 0 Å². The molecule has 5 nitrogen and oxygen atoms in total. The van der Waals surface area contributed by atoms with Crippen LogP contribution in [0.2, 0.25) is 0 Å². The van der Waals surface area contributed by atoms with E-state index < -0.39 is 0 Å². The Hall–Kier alpha value is -1.98. The fraction of sp³-hybridized carbons (Fsp3) is 0.312. The number of benzene rings is 1. The van der Waals surface area contributed by atoms with Gasteiger partial charge in [0.05, 0.1) is 0 Å². The third-order valence-electron chi connectivity index (χ3n) is 3.98. The molecule has 0 spiro atoms. The number of nitrogens with zero attached hydrogens (tertiary/aromatic N) is 2. The number of ether oxygens (including phenoxy) is 1. The molecule has 6 heteroatoms. The number of ketones is 1. The summed E-state index contributed by atoms with van der Waals surface area (Å²) in [5, 5.41) is 3.16. The van der Waals surface area contributed by atoms with Gasteiger partial charge in [-0.15, -0.1) is 12.4 Å². The Morgan fingerprint density at radius 2 is 1.95 bits per heavy atom. The molecule has 2 aliphatic rings. The van der Waals surface area contributed by atoms with E-state index in [2.05, 4.69) is 15.3 Å². The fourth-order valence-corrected chi connectivity index (χ4v) is 2.75. The highest BCUT2D eigenvalue weighted by molar-refractivity contribution is 6.02. The van der Waals surface area contributed by atoms with E-state index in [0.717, 1.165) is 36.2 Å². The number of carbonyl (C=O) groups excluding carboxylic acids is 1. The zero-order chi connectivity index (χ0) is 14.2. The second-order valence-electron chi connectivity index (χ2n) is 5.37. The van der Waals surface area contributed by atoms with Crippen molar-refractivity contribution in [3.63, 3.8) is 0 Å². The van der Waals surface area contributed by atoms with E-state index in [1.165, 1.54) is 0 Å². The Morgan fingerprint density at radius 3 is 2.73 bits per heavy atom. The van der Waals surface area contributed by atoms with Crippen LogP contribution < -0.4 is 10.1 Å². The third-order valence-corrected chi connectivity index (χ3v) is 3.98. The summed E-state index contributed by atoms with van der Waals surface area (Å²) in [7, 11) is 0. The molecule has 4 rings (SSSR count). The van der Waals surface area contributed by atoms with Crippen LogP contribution in [-0.2, 0) is 6.42 Å². The predicted molar refractivity (Wildman–Crippen MR) is 84.7 cm³/mol. The summed E-state index contributed by atoms with van der Waals surface area (Å²) in [5.41, 5.74) is 2.81. The summed E-state index contributed by atoms with van der Waals surface area (Å²) in [6, 6.07) is 7.52. The minimum Gasteiger partial charge on any atom is -0.472 e. The summed E-state index contributed by atoms with van der Waals surface area (Å²) < 4.78 is 5.77. The largest absolute Gasteiger partial charge is 0.472 e. The molecular weight excluding hydrogens is 302 g/mol. The maximum atomic E-state index is 11.8. The normalized spacial score (nSPS) is 16.6. The Labute approximate surface area is 134 Å². The van der Waals surface area contributed by atoms with E-state index >= 15 is 0 Å².